The number of fused-ring (bicyclic) bond motifs is 4. The van der Waals surface area contributed by atoms with E-state index in [0.29, 0.717) is 25.3 Å². The van der Waals surface area contributed by atoms with Crippen LogP contribution in [-0.2, 0) is 24.7 Å². The molecular weight excluding hydrogens is 516 g/mol. The minimum absolute atomic E-state index is 0.0163. The molecule has 2 bridgehead atoms. The van der Waals surface area contributed by atoms with Gasteiger partial charge in [0.05, 0.1) is 16.7 Å². The molecule has 1 saturated carbocycles. The Hall–Kier alpha value is -3.23. The van der Waals surface area contributed by atoms with E-state index in [0.717, 1.165) is 84.4 Å². The summed E-state index contributed by atoms with van der Waals surface area (Å²) in [6.45, 7) is 5.36. The molecule has 0 radical (unpaired) electrons. The Morgan fingerprint density at radius 1 is 1.20 bits per heavy atom. The molecular formula is C33H40N4O4. The summed E-state index contributed by atoms with van der Waals surface area (Å²) in [4.78, 5) is 18.4. The van der Waals surface area contributed by atoms with Crippen molar-refractivity contribution in [3.63, 3.8) is 0 Å². The summed E-state index contributed by atoms with van der Waals surface area (Å²) in [7, 11) is 0. The smallest absolute Gasteiger partial charge is 0.314 e. The summed E-state index contributed by atoms with van der Waals surface area (Å²) in [5.41, 5.74) is 5.03. The van der Waals surface area contributed by atoms with E-state index in [-0.39, 0.29) is 23.9 Å². The Morgan fingerprint density at radius 3 is 2.88 bits per heavy atom. The van der Waals surface area contributed by atoms with Crippen LogP contribution in [0, 0.1) is 5.92 Å². The number of ether oxygens (including phenoxy) is 1. The first-order valence-corrected chi connectivity index (χ1v) is 15.6. The molecule has 1 spiro atoms. The van der Waals surface area contributed by atoms with Gasteiger partial charge in [-0.15, -0.1) is 0 Å². The van der Waals surface area contributed by atoms with Crippen molar-refractivity contribution < 1.29 is 19.7 Å². The van der Waals surface area contributed by atoms with Crippen molar-refractivity contribution in [2.24, 2.45) is 5.92 Å². The molecule has 2 fully saturated rings. The number of rotatable bonds is 8. The van der Waals surface area contributed by atoms with Gasteiger partial charge in [0.1, 0.15) is 0 Å². The number of nitrogens with one attached hydrogen (secondary N) is 3. The molecule has 8 heteroatoms. The normalized spacial score (nSPS) is 29.1. The molecule has 2 amide bonds. The van der Waals surface area contributed by atoms with E-state index < -0.39 is 11.0 Å². The Kier molecular flexibility index (Phi) is 5.68. The molecule has 5 N–H and O–H groups in total. The van der Waals surface area contributed by atoms with E-state index in [2.05, 4.69) is 51.7 Å². The van der Waals surface area contributed by atoms with E-state index in [1.54, 1.807) is 6.07 Å². The number of H-pyrrole nitrogens is 1. The van der Waals surface area contributed by atoms with Crippen LogP contribution in [0.1, 0.15) is 73.1 Å². The van der Waals surface area contributed by atoms with E-state index in [1.165, 1.54) is 18.4 Å². The van der Waals surface area contributed by atoms with Crippen molar-refractivity contribution in [2.45, 2.75) is 81.5 Å². The third-order valence-corrected chi connectivity index (χ3v) is 10.7. The van der Waals surface area contributed by atoms with Gasteiger partial charge in [-0.1, -0.05) is 25.5 Å². The molecule has 8 nitrogen and oxygen atoms in total. The monoisotopic (exact) mass is 556 g/mol. The van der Waals surface area contributed by atoms with Gasteiger partial charge in [-0.2, -0.15) is 0 Å². The number of unbranched alkanes of at least 4 members (excludes halogenated alkanes) is 1. The second-order valence-corrected chi connectivity index (χ2v) is 13.1. The first-order chi connectivity index (χ1) is 19.9. The van der Waals surface area contributed by atoms with Crippen LogP contribution in [0.5, 0.6) is 11.5 Å². The van der Waals surface area contributed by atoms with Gasteiger partial charge in [-0.3, -0.25) is 4.90 Å². The van der Waals surface area contributed by atoms with Crippen molar-refractivity contribution in [1.82, 2.24) is 20.5 Å². The lowest BCUT2D eigenvalue weighted by molar-refractivity contribution is -0.173. The predicted octanol–water partition coefficient (Wildman–Crippen LogP) is 4.21. The van der Waals surface area contributed by atoms with Crippen molar-refractivity contribution in [3.8, 4) is 11.5 Å². The fourth-order valence-electron chi connectivity index (χ4n) is 8.59. The van der Waals surface area contributed by atoms with Gasteiger partial charge in [0.25, 0.3) is 0 Å². The van der Waals surface area contributed by atoms with Gasteiger partial charge in [0.2, 0.25) is 0 Å². The Bertz CT molecular complexity index is 1550. The molecule has 3 heterocycles. The van der Waals surface area contributed by atoms with Gasteiger partial charge >= 0.3 is 6.03 Å². The zero-order valence-electron chi connectivity index (χ0n) is 23.8. The summed E-state index contributed by atoms with van der Waals surface area (Å²) < 4.78 is 6.71. The number of hydrogen-bond acceptors (Lipinski definition) is 5. The second kappa shape index (κ2) is 9.13. The Morgan fingerprint density at radius 2 is 2.05 bits per heavy atom. The molecule has 5 aliphatic rings. The molecule has 4 atom stereocenters. The number of urea groups is 1. The summed E-state index contributed by atoms with van der Waals surface area (Å²) in [5, 5.41) is 30.9. The van der Waals surface area contributed by atoms with Crippen molar-refractivity contribution in [2.75, 3.05) is 26.2 Å². The lowest BCUT2D eigenvalue weighted by atomic mass is 9.49. The summed E-state index contributed by atoms with van der Waals surface area (Å²) in [6, 6.07) is 10.2. The van der Waals surface area contributed by atoms with Crippen LogP contribution in [-0.4, -0.2) is 63.9 Å². The van der Waals surface area contributed by atoms with Crippen molar-refractivity contribution >= 4 is 16.9 Å². The number of hydrogen-bond donors (Lipinski definition) is 5. The van der Waals surface area contributed by atoms with Crippen molar-refractivity contribution in [1.29, 1.82) is 0 Å². The van der Waals surface area contributed by atoms with Gasteiger partial charge in [-0.05, 0) is 85.9 Å². The molecule has 216 valence electrons. The van der Waals surface area contributed by atoms with Crippen LogP contribution >= 0.6 is 0 Å². The highest BCUT2D eigenvalue weighted by Gasteiger charge is 2.72. The average Bonchev–Trinajstić information content (AvgIpc) is 3.60. The van der Waals surface area contributed by atoms with E-state index in [9.17, 15) is 15.0 Å². The first kappa shape index (κ1) is 25.5. The number of aliphatic hydroxyl groups is 1. The molecule has 3 aliphatic carbocycles. The SMILES string of the molecule is CCCCNC(=O)NCCc1ccc2[nH]c3c(c2c1)C[C@@]1(O)C2Cc4ccc(O)c5c4[C@@]1(CCN2CC1CC1)C3O5. The zero-order valence-corrected chi connectivity index (χ0v) is 23.8. The molecule has 1 aromatic heterocycles. The average molecular weight is 557 g/mol. The summed E-state index contributed by atoms with van der Waals surface area (Å²) >= 11 is 0. The zero-order chi connectivity index (χ0) is 27.9. The Labute approximate surface area is 240 Å². The number of likely N-dealkylation sites (tertiary alicyclic amines) is 1. The predicted molar refractivity (Wildman–Crippen MR) is 157 cm³/mol. The number of piperidine rings is 1. The maximum absolute atomic E-state index is 13.0. The highest BCUT2D eigenvalue weighted by Crippen LogP contribution is 2.69. The van der Waals surface area contributed by atoms with Crippen LogP contribution in [0.25, 0.3) is 10.9 Å². The number of carbonyl (C=O) groups excluding carboxylic acids is 1. The lowest BCUT2D eigenvalue weighted by Crippen LogP contribution is -2.74. The quantitative estimate of drug-likeness (QED) is 0.267. The van der Waals surface area contributed by atoms with E-state index >= 15 is 0 Å². The third-order valence-electron chi connectivity index (χ3n) is 10.7. The van der Waals surface area contributed by atoms with Crippen LogP contribution in [0.2, 0.25) is 0 Å². The Balaban J connectivity index is 1.16. The van der Waals surface area contributed by atoms with E-state index in [4.69, 9.17) is 4.74 Å². The van der Waals surface area contributed by atoms with Gasteiger partial charge in [-0.25, -0.2) is 4.79 Å². The highest BCUT2D eigenvalue weighted by molar-refractivity contribution is 5.87. The first-order valence-electron chi connectivity index (χ1n) is 15.6. The van der Waals surface area contributed by atoms with Crippen LogP contribution in [0.3, 0.4) is 0 Å². The number of aromatic amines is 1. The topological polar surface area (TPSA) is 110 Å². The second-order valence-electron chi connectivity index (χ2n) is 13.1. The standard InChI is InChI=1S/C33H40N4O4/c1-2-3-12-34-31(39)35-13-10-19-6-8-24-22(15-19)23-17-33(40)26-16-21-7-9-25(38)29-27(21)32(33,30(41-29)28(23)36-24)11-14-37(26)18-20-4-5-20/h6-9,15,20,26,30,36,38,40H,2-5,10-14,16-18H2,1H3,(H2,34,35,39)/t26?,30?,32-,33+/m0/s1. The fourth-order valence-corrected chi connectivity index (χ4v) is 8.59. The molecule has 41 heavy (non-hydrogen) atoms. The fraction of sp³-hybridized carbons (Fsp3) is 0.545. The molecule has 1 saturated heterocycles. The summed E-state index contributed by atoms with van der Waals surface area (Å²) in [5.74, 6) is 1.48. The largest absolute Gasteiger partial charge is 0.504 e. The third kappa shape index (κ3) is 3.62. The minimum atomic E-state index is -0.993. The molecule has 2 aromatic carbocycles. The molecule has 3 aromatic rings. The number of aromatic hydroxyl groups is 1. The van der Waals surface area contributed by atoms with Gasteiger partial charge < -0.3 is 30.6 Å². The van der Waals surface area contributed by atoms with Gasteiger partial charge in [0, 0.05) is 48.6 Å². The number of phenolic OH excluding ortho intramolecular Hbond substituents is 1. The number of aromatic nitrogens is 1. The number of carbonyl (C=O) groups is 1. The lowest BCUT2D eigenvalue weighted by Gasteiger charge is -2.62. The van der Waals surface area contributed by atoms with Gasteiger partial charge in [0.15, 0.2) is 17.6 Å². The van der Waals surface area contributed by atoms with E-state index in [1.807, 2.05) is 0 Å². The maximum Gasteiger partial charge on any atom is 0.314 e. The highest BCUT2D eigenvalue weighted by atomic mass is 16.5. The number of nitrogens with zero attached hydrogens (tertiary/aromatic N) is 1. The number of amides is 2. The van der Waals surface area contributed by atoms with Crippen LogP contribution in [0.4, 0.5) is 4.79 Å². The van der Waals surface area contributed by atoms with Crippen molar-refractivity contribution in [3.05, 3.63) is 58.3 Å². The van der Waals surface area contributed by atoms with Crippen LogP contribution < -0.4 is 15.4 Å². The maximum atomic E-state index is 13.0. The number of benzene rings is 2. The molecule has 8 rings (SSSR count). The molecule has 2 aliphatic heterocycles. The summed E-state index contributed by atoms with van der Waals surface area (Å²) in [6.07, 6.45) is 7.12. The van der Waals surface area contributed by atoms with Crippen LogP contribution in [0.15, 0.2) is 30.3 Å². The minimum Gasteiger partial charge on any atom is -0.504 e. The molecule has 2 unspecified atom stereocenters. The number of phenols is 1.